The summed E-state index contributed by atoms with van der Waals surface area (Å²) < 4.78 is 8.65. The standard InChI is InChI=1S/C41H31N3O/c1-41(2)32-16-10-11-17-36(32)44(29-14-8-5-9-15-29)37-23-19-28(25-33(37)41)27-18-22-35-31(24-27)30-20-21-34-39(38(30)43(35)3)45-40(42-34)26-12-6-4-7-13-26/h4-25H,1-3H3. The fourth-order valence-electron chi connectivity index (χ4n) is 7.32. The lowest BCUT2D eigenvalue weighted by atomic mass is 9.73. The third-order valence-electron chi connectivity index (χ3n) is 9.61. The third-order valence-corrected chi connectivity index (χ3v) is 9.61. The fraction of sp³-hybridized carbons (Fsp3) is 0.0976. The van der Waals surface area contributed by atoms with Crippen LogP contribution < -0.4 is 4.90 Å². The molecule has 0 radical (unpaired) electrons. The molecule has 216 valence electrons. The number of rotatable bonds is 3. The Balaban J connectivity index is 1.21. The second-order valence-corrected chi connectivity index (χ2v) is 12.5. The van der Waals surface area contributed by atoms with E-state index in [4.69, 9.17) is 9.40 Å². The van der Waals surface area contributed by atoms with E-state index < -0.39 is 0 Å². The van der Waals surface area contributed by atoms with Gasteiger partial charge in [0.15, 0.2) is 5.58 Å². The van der Waals surface area contributed by atoms with Gasteiger partial charge in [0.2, 0.25) is 5.89 Å². The van der Waals surface area contributed by atoms with Gasteiger partial charge in [-0.2, -0.15) is 0 Å². The lowest BCUT2D eigenvalue weighted by molar-refractivity contribution is 0.621. The largest absolute Gasteiger partial charge is 0.434 e. The molecule has 0 aliphatic carbocycles. The van der Waals surface area contributed by atoms with Crippen LogP contribution in [0.3, 0.4) is 0 Å². The number of nitrogens with zero attached hydrogens (tertiary/aromatic N) is 3. The Kier molecular flexibility index (Phi) is 5.42. The smallest absolute Gasteiger partial charge is 0.227 e. The highest BCUT2D eigenvalue weighted by molar-refractivity contribution is 6.16. The zero-order valence-electron chi connectivity index (χ0n) is 25.5. The number of para-hydroxylation sites is 2. The molecular formula is C41H31N3O. The summed E-state index contributed by atoms with van der Waals surface area (Å²) in [5.41, 5.74) is 13.4. The van der Waals surface area contributed by atoms with E-state index in [0.717, 1.165) is 22.2 Å². The van der Waals surface area contributed by atoms with Crippen LogP contribution in [0.1, 0.15) is 25.0 Å². The van der Waals surface area contributed by atoms with Crippen molar-refractivity contribution in [1.29, 1.82) is 0 Å². The molecular weight excluding hydrogens is 550 g/mol. The number of benzene rings is 6. The monoisotopic (exact) mass is 581 g/mol. The maximum absolute atomic E-state index is 6.42. The minimum Gasteiger partial charge on any atom is -0.434 e. The van der Waals surface area contributed by atoms with Crippen LogP contribution in [0.2, 0.25) is 0 Å². The summed E-state index contributed by atoms with van der Waals surface area (Å²) in [6.07, 6.45) is 0. The van der Waals surface area contributed by atoms with Gasteiger partial charge in [-0.3, -0.25) is 0 Å². The fourth-order valence-corrected chi connectivity index (χ4v) is 7.32. The van der Waals surface area contributed by atoms with Crippen LogP contribution in [-0.2, 0) is 12.5 Å². The molecule has 4 heteroatoms. The molecule has 0 saturated heterocycles. The summed E-state index contributed by atoms with van der Waals surface area (Å²) in [7, 11) is 2.12. The van der Waals surface area contributed by atoms with Gasteiger partial charge in [0.25, 0.3) is 0 Å². The van der Waals surface area contributed by atoms with Gasteiger partial charge < -0.3 is 13.9 Å². The van der Waals surface area contributed by atoms with Crippen LogP contribution in [0.4, 0.5) is 17.1 Å². The minimum atomic E-state index is -0.162. The number of hydrogen-bond donors (Lipinski definition) is 0. The first kappa shape index (κ1) is 25.8. The highest BCUT2D eigenvalue weighted by Crippen LogP contribution is 2.52. The number of hydrogen-bond acceptors (Lipinski definition) is 3. The summed E-state index contributed by atoms with van der Waals surface area (Å²) in [6.45, 7) is 4.69. The van der Waals surface area contributed by atoms with Crippen molar-refractivity contribution in [3.63, 3.8) is 0 Å². The Morgan fingerprint density at radius 3 is 2.11 bits per heavy atom. The van der Waals surface area contributed by atoms with Crippen LogP contribution >= 0.6 is 0 Å². The van der Waals surface area contributed by atoms with Crippen LogP contribution in [0, 0.1) is 0 Å². The van der Waals surface area contributed by atoms with Crippen LogP contribution in [-0.4, -0.2) is 9.55 Å². The van der Waals surface area contributed by atoms with Gasteiger partial charge in [-0.25, -0.2) is 4.98 Å². The van der Waals surface area contributed by atoms with Gasteiger partial charge >= 0.3 is 0 Å². The first-order valence-electron chi connectivity index (χ1n) is 15.5. The lowest BCUT2D eigenvalue weighted by Crippen LogP contribution is -2.30. The molecule has 9 rings (SSSR count). The number of fused-ring (bicyclic) bond motifs is 7. The van der Waals surface area contributed by atoms with Crippen molar-refractivity contribution >= 4 is 50.0 Å². The second-order valence-electron chi connectivity index (χ2n) is 12.5. The van der Waals surface area contributed by atoms with Gasteiger partial charge in [-0.1, -0.05) is 80.6 Å². The summed E-state index contributed by atoms with van der Waals surface area (Å²) in [5.74, 6) is 0.645. The Bertz CT molecular complexity index is 2420. The van der Waals surface area contributed by atoms with E-state index in [1.807, 2.05) is 30.3 Å². The van der Waals surface area contributed by atoms with E-state index in [9.17, 15) is 0 Å². The summed E-state index contributed by atoms with van der Waals surface area (Å²) in [5, 5.41) is 2.37. The average Bonchev–Trinajstić information content (AvgIpc) is 3.64. The first-order chi connectivity index (χ1) is 22.0. The predicted octanol–water partition coefficient (Wildman–Crippen LogP) is 10.9. The Morgan fingerprint density at radius 2 is 1.29 bits per heavy atom. The molecule has 0 saturated carbocycles. The molecule has 8 aromatic rings. The quantitative estimate of drug-likeness (QED) is 0.208. The van der Waals surface area contributed by atoms with E-state index in [2.05, 4.69) is 133 Å². The Morgan fingerprint density at radius 1 is 0.600 bits per heavy atom. The molecule has 1 aliphatic heterocycles. The van der Waals surface area contributed by atoms with E-state index in [1.54, 1.807) is 0 Å². The lowest BCUT2D eigenvalue weighted by Gasteiger charge is -2.42. The van der Waals surface area contributed by atoms with Crippen LogP contribution in [0.15, 0.2) is 138 Å². The van der Waals surface area contributed by atoms with Gasteiger partial charge in [-0.15, -0.1) is 0 Å². The molecule has 0 unspecified atom stereocenters. The van der Waals surface area contributed by atoms with Gasteiger partial charge in [-0.05, 0) is 89.0 Å². The highest BCUT2D eigenvalue weighted by Gasteiger charge is 2.37. The maximum atomic E-state index is 6.42. The van der Waals surface area contributed by atoms with E-state index in [0.29, 0.717) is 5.89 Å². The molecule has 0 amide bonds. The highest BCUT2D eigenvalue weighted by atomic mass is 16.3. The SMILES string of the molecule is Cn1c2ccc(-c3ccc4c(c3)C(C)(C)c3ccccc3N4c3ccccc3)cc2c2ccc3nc(-c4ccccc4)oc3c21. The normalized spacial score (nSPS) is 13.8. The molecule has 0 spiro atoms. The zero-order valence-corrected chi connectivity index (χ0v) is 25.5. The molecule has 6 aromatic carbocycles. The predicted molar refractivity (Wildman–Crippen MR) is 186 cm³/mol. The molecule has 1 aliphatic rings. The molecule has 3 heterocycles. The summed E-state index contributed by atoms with van der Waals surface area (Å²) >= 11 is 0. The summed E-state index contributed by atoms with van der Waals surface area (Å²) in [6, 6.07) is 47.6. The summed E-state index contributed by atoms with van der Waals surface area (Å²) in [4.78, 5) is 7.23. The average molecular weight is 582 g/mol. The molecule has 0 bridgehead atoms. The first-order valence-corrected chi connectivity index (χ1v) is 15.5. The third kappa shape index (κ3) is 3.75. The van der Waals surface area contributed by atoms with Crippen LogP contribution in [0.25, 0.3) is 55.5 Å². The molecule has 45 heavy (non-hydrogen) atoms. The van der Waals surface area contributed by atoms with Crippen molar-refractivity contribution in [2.24, 2.45) is 7.05 Å². The van der Waals surface area contributed by atoms with Crippen molar-refractivity contribution in [1.82, 2.24) is 9.55 Å². The van der Waals surface area contributed by atoms with Gasteiger partial charge in [0.05, 0.1) is 16.9 Å². The molecule has 4 nitrogen and oxygen atoms in total. The topological polar surface area (TPSA) is 34.2 Å². The Labute approximate surface area is 261 Å². The van der Waals surface area contributed by atoms with Crippen molar-refractivity contribution in [3.05, 3.63) is 145 Å². The van der Waals surface area contributed by atoms with Gasteiger partial charge in [0.1, 0.15) is 5.52 Å². The van der Waals surface area contributed by atoms with E-state index in [-0.39, 0.29) is 5.41 Å². The number of anilines is 3. The second kappa shape index (κ2) is 9.44. The van der Waals surface area contributed by atoms with Crippen molar-refractivity contribution in [2.45, 2.75) is 19.3 Å². The number of aromatic nitrogens is 2. The minimum absolute atomic E-state index is 0.162. The number of oxazole rings is 1. The van der Waals surface area contributed by atoms with E-state index in [1.165, 1.54) is 55.6 Å². The van der Waals surface area contributed by atoms with Crippen molar-refractivity contribution < 1.29 is 4.42 Å². The molecule has 0 fully saturated rings. The number of aryl methyl sites for hydroxylation is 1. The van der Waals surface area contributed by atoms with E-state index >= 15 is 0 Å². The van der Waals surface area contributed by atoms with Gasteiger partial charge in [0, 0.05) is 40.0 Å². The molecule has 0 N–H and O–H groups in total. The maximum Gasteiger partial charge on any atom is 0.227 e. The zero-order chi connectivity index (χ0) is 30.3. The molecule has 2 aromatic heterocycles. The Hall–Kier alpha value is -5.61. The molecule has 0 atom stereocenters. The van der Waals surface area contributed by atoms with Crippen LogP contribution in [0.5, 0.6) is 0 Å². The van der Waals surface area contributed by atoms with Crippen molar-refractivity contribution in [3.8, 4) is 22.6 Å². The van der Waals surface area contributed by atoms with Crippen molar-refractivity contribution in [2.75, 3.05) is 4.90 Å².